The molecule has 1 atom stereocenters. The molecule has 1 aromatic carbocycles. The third kappa shape index (κ3) is 3.02. The van der Waals surface area contributed by atoms with Crippen LogP contribution in [-0.2, 0) is 0 Å². The Morgan fingerprint density at radius 2 is 1.86 bits per heavy atom. The summed E-state index contributed by atoms with van der Waals surface area (Å²) in [6.45, 7) is 6.66. The average Bonchev–Trinajstić information content (AvgIpc) is 2.15. The van der Waals surface area contributed by atoms with Crippen molar-refractivity contribution in [2.24, 2.45) is 5.92 Å². The minimum Gasteiger partial charge on any atom is -0.126 e. The van der Waals surface area contributed by atoms with Crippen LogP contribution in [0.4, 0.5) is 0 Å². The molecule has 0 aromatic heterocycles. The van der Waals surface area contributed by atoms with E-state index < -0.39 is 0 Å². The number of rotatable bonds is 4. The van der Waals surface area contributed by atoms with Gasteiger partial charge in [-0.05, 0) is 36.3 Å². The first kappa shape index (κ1) is 11.6. The van der Waals surface area contributed by atoms with Crippen molar-refractivity contribution >= 4 is 11.6 Å². The van der Waals surface area contributed by atoms with Gasteiger partial charge >= 0.3 is 0 Å². The number of hydrogen-bond donors (Lipinski definition) is 0. The van der Waals surface area contributed by atoms with Crippen molar-refractivity contribution in [3.63, 3.8) is 0 Å². The highest BCUT2D eigenvalue weighted by Gasteiger charge is 2.13. The first-order valence-electron chi connectivity index (χ1n) is 5.26. The second kappa shape index (κ2) is 5.41. The number of halogens is 1. The summed E-state index contributed by atoms with van der Waals surface area (Å²) >= 11 is 6.02. The molecule has 0 heterocycles. The zero-order valence-corrected chi connectivity index (χ0v) is 10.0. The van der Waals surface area contributed by atoms with Crippen LogP contribution in [-0.4, -0.2) is 5.88 Å². The molecule has 0 nitrogen and oxygen atoms in total. The van der Waals surface area contributed by atoms with Crippen molar-refractivity contribution in [3.8, 4) is 0 Å². The average molecular weight is 211 g/mol. The van der Waals surface area contributed by atoms with Gasteiger partial charge in [0.25, 0.3) is 0 Å². The highest BCUT2D eigenvalue weighted by Crippen LogP contribution is 2.27. The standard InChI is InChI=1S/C13H19Cl/c1-10(2)8-12(9-14)13-7-5-4-6-11(13)3/h4-7,10,12H,8-9H2,1-3H3. The summed E-state index contributed by atoms with van der Waals surface area (Å²) < 4.78 is 0. The summed E-state index contributed by atoms with van der Waals surface area (Å²) in [5, 5.41) is 0. The molecule has 1 aromatic rings. The van der Waals surface area contributed by atoms with Gasteiger partial charge in [0, 0.05) is 5.88 Å². The lowest BCUT2D eigenvalue weighted by Gasteiger charge is -2.18. The summed E-state index contributed by atoms with van der Waals surface area (Å²) in [7, 11) is 0. The molecule has 0 bridgehead atoms. The van der Waals surface area contributed by atoms with Crippen molar-refractivity contribution in [2.75, 3.05) is 5.88 Å². The largest absolute Gasteiger partial charge is 0.126 e. The Kier molecular flexibility index (Phi) is 4.47. The molecule has 1 unspecified atom stereocenters. The third-order valence-electron chi connectivity index (χ3n) is 2.57. The van der Waals surface area contributed by atoms with E-state index in [1.54, 1.807) is 0 Å². The van der Waals surface area contributed by atoms with Gasteiger partial charge in [-0.1, -0.05) is 38.1 Å². The van der Waals surface area contributed by atoms with E-state index >= 15 is 0 Å². The maximum atomic E-state index is 6.02. The van der Waals surface area contributed by atoms with Gasteiger partial charge in [-0.15, -0.1) is 11.6 Å². The van der Waals surface area contributed by atoms with Crippen LogP contribution in [0.5, 0.6) is 0 Å². The van der Waals surface area contributed by atoms with Gasteiger partial charge < -0.3 is 0 Å². The van der Waals surface area contributed by atoms with Crippen molar-refractivity contribution < 1.29 is 0 Å². The fraction of sp³-hybridized carbons (Fsp3) is 0.538. The summed E-state index contributed by atoms with van der Waals surface area (Å²) in [5.74, 6) is 1.94. The maximum absolute atomic E-state index is 6.02. The van der Waals surface area contributed by atoms with Gasteiger partial charge in [0.15, 0.2) is 0 Å². The monoisotopic (exact) mass is 210 g/mol. The lowest BCUT2D eigenvalue weighted by Crippen LogP contribution is -2.06. The zero-order chi connectivity index (χ0) is 10.6. The number of benzene rings is 1. The normalized spacial score (nSPS) is 13.2. The minimum absolute atomic E-state index is 0.512. The molecule has 1 rings (SSSR count). The van der Waals surface area contributed by atoms with Crippen LogP contribution in [0, 0.1) is 12.8 Å². The summed E-state index contributed by atoms with van der Waals surface area (Å²) in [5.41, 5.74) is 2.77. The molecule has 0 aliphatic rings. The van der Waals surface area contributed by atoms with Crippen LogP contribution < -0.4 is 0 Å². The Morgan fingerprint density at radius 3 is 2.36 bits per heavy atom. The lowest BCUT2D eigenvalue weighted by molar-refractivity contribution is 0.525. The highest BCUT2D eigenvalue weighted by molar-refractivity contribution is 6.18. The van der Waals surface area contributed by atoms with E-state index in [9.17, 15) is 0 Å². The Labute approximate surface area is 92.3 Å². The van der Waals surface area contributed by atoms with Crippen LogP contribution in [0.3, 0.4) is 0 Å². The quantitative estimate of drug-likeness (QED) is 0.648. The predicted octanol–water partition coefficient (Wildman–Crippen LogP) is 4.36. The van der Waals surface area contributed by atoms with Crippen molar-refractivity contribution in [1.29, 1.82) is 0 Å². The lowest BCUT2D eigenvalue weighted by atomic mass is 9.89. The van der Waals surface area contributed by atoms with Gasteiger partial charge in [0.05, 0.1) is 0 Å². The molecular formula is C13H19Cl. The van der Waals surface area contributed by atoms with E-state index in [-0.39, 0.29) is 0 Å². The molecule has 0 aliphatic heterocycles. The second-order valence-electron chi connectivity index (χ2n) is 4.34. The smallest absolute Gasteiger partial charge is 0.0292 e. The fourth-order valence-corrected chi connectivity index (χ4v) is 2.18. The number of alkyl halides is 1. The van der Waals surface area contributed by atoms with Gasteiger partial charge in [-0.2, -0.15) is 0 Å². The fourth-order valence-electron chi connectivity index (χ4n) is 1.89. The first-order valence-corrected chi connectivity index (χ1v) is 5.80. The Hall–Kier alpha value is -0.490. The van der Waals surface area contributed by atoms with Crippen LogP contribution in [0.25, 0.3) is 0 Å². The predicted molar refractivity (Wildman–Crippen MR) is 64.1 cm³/mol. The molecule has 0 amide bonds. The Bertz CT molecular complexity index is 278. The van der Waals surface area contributed by atoms with Crippen LogP contribution in [0.15, 0.2) is 24.3 Å². The van der Waals surface area contributed by atoms with Crippen molar-refractivity contribution in [3.05, 3.63) is 35.4 Å². The van der Waals surface area contributed by atoms with E-state index in [1.165, 1.54) is 17.5 Å². The SMILES string of the molecule is Cc1ccccc1C(CCl)CC(C)C. The topological polar surface area (TPSA) is 0 Å². The molecule has 0 saturated carbocycles. The summed E-state index contributed by atoms with van der Waals surface area (Å²) in [4.78, 5) is 0. The van der Waals surface area contributed by atoms with Gasteiger partial charge in [-0.3, -0.25) is 0 Å². The van der Waals surface area contributed by atoms with Crippen LogP contribution >= 0.6 is 11.6 Å². The van der Waals surface area contributed by atoms with Crippen molar-refractivity contribution in [1.82, 2.24) is 0 Å². The zero-order valence-electron chi connectivity index (χ0n) is 9.26. The first-order chi connectivity index (χ1) is 6.65. The molecular weight excluding hydrogens is 192 g/mol. The van der Waals surface area contributed by atoms with E-state index in [0.717, 1.165) is 5.88 Å². The highest BCUT2D eigenvalue weighted by atomic mass is 35.5. The Balaban J connectivity index is 2.83. The number of hydrogen-bond acceptors (Lipinski definition) is 0. The molecule has 0 saturated heterocycles. The van der Waals surface area contributed by atoms with Crippen LogP contribution in [0.1, 0.15) is 37.3 Å². The summed E-state index contributed by atoms with van der Waals surface area (Å²) in [6, 6.07) is 8.54. The molecule has 0 spiro atoms. The molecule has 14 heavy (non-hydrogen) atoms. The summed E-state index contributed by atoms with van der Waals surface area (Å²) in [6.07, 6.45) is 1.17. The van der Waals surface area contributed by atoms with Gasteiger partial charge in [-0.25, -0.2) is 0 Å². The second-order valence-corrected chi connectivity index (χ2v) is 4.65. The minimum atomic E-state index is 0.512. The molecule has 0 fully saturated rings. The Morgan fingerprint density at radius 1 is 1.21 bits per heavy atom. The molecule has 78 valence electrons. The van der Waals surface area contributed by atoms with Crippen molar-refractivity contribution in [2.45, 2.75) is 33.1 Å². The van der Waals surface area contributed by atoms with Gasteiger partial charge in [0.1, 0.15) is 0 Å². The van der Waals surface area contributed by atoms with E-state index in [1.807, 2.05) is 0 Å². The molecule has 0 radical (unpaired) electrons. The van der Waals surface area contributed by atoms with E-state index in [0.29, 0.717) is 11.8 Å². The third-order valence-corrected chi connectivity index (χ3v) is 2.94. The maximum Gasteiger partial charge on any atom is 0.0292 e. The number of aryl methyl sites for hydroxylation is 1. The molecule has 0 N–H and O–H groups in total. The van der Waals surface area contributed by atoms with Gasteiger partial charge in [0.2, 0.25) is 0 Å². The molecule has 0 aliphatic carbocycles. The van der Waals surface area contributed by atoms with E-state index in [4.69, 9.17) is 11.6 Å². The van der Waals surface area contributed by atoms with Crippen LogP contribution in [0.2, 0.25) is 0 Å². The molecule has 1 heteroatoms. The van der Waals surface area contributed by atoms with E-state index in [2.05, 4.69) is 45.0 Å².